The zero-order valence-electron chi connectivity index (χ0n) is 18.2. The number of hydrogen-bond acceptors (Lipinski definition) is 4. The Labute approximate surface area is 197 Å². The highest BCUT2D eigenvalue weighted by Crippen LogP contribution is 2.32. The number of benzene rings is 2. The van der Waals surface area contributed by atoms with E-state index in [0.29, 0.717) is 10.6 Å². The number of amides is 2. The molecule has 3 N–H and O–H groups in total. The number of carbonyl (C=O) groups excluding carboxylic acids is 2. The Balaban J connectivity index is 1.88. The smallest absolute Gasteiger partial charge is 0.368 e. The third kappa shape index (κ3) is 5.66. The van der Waals surface area contributed by atoms with Gasteiger partial charge in [-0.15, -0.1) is 5.10 Å². The van der Waals surface area contributed by atoms with Gasteiger partial charge in [0, 0.05) is 10.6 Å². The van der Waals surface area contributed by atoms with E-state index in [1.54, 1.807) is 24.3 Å². The molecular weight excluding hydrogens is 475 g/mol. The lowest BCUT2D eigenvalue weighted by Gasteiger charge is -2.27. The van der Waals surface area contributed by atoms with Crippen LogP contribution in [0.5, 0.6) is 0 Å². The fraction of sp³-hybridized carbons (Fsp3) is 0.273. The second-order valence-electron chi connectivity index (χ2n) is 8.07. The van der Waals surface area contributed by atoms with Crippen molar-refractivity contribution >= 4 is 23.4 Å². The number of nitrogens with zero attached hydrogens (tertiary/aromatic N) is 3. The second-order valence-corrected chi connectivity index (χ2v) is 8.51. The molecule has 1 heterocycles. The van der Waals surface area contributed by atoms with Crippen LogP contribution >= 0.6 is 11.6 Å². The molecule has 0 bridgehead atoms. The van der Waals surface area contributed by atoms with E-state index in [9.17, 15) is 27.6 Å². The minimum atomic E-state index is -4.53. The van der Waals surface area contributed by atoms with Crippen molar-refractivity contribution in [3.8, 4) is 11.4 Å². The first-order valence-electron chi connectivity index (χ1n) is 9.98. The van der Waals surface area contributed by atoms with Crippen molar-refractivity contribution in [3.63, 3.8) is 0 Å². The molecule has 0 spiro atoms. The second kappa shape index (κ2) is 9.34. The molecule has 8 nitrogen and oxygen atoms in total. The number of nitrogens with two attached hydrogens (primary N) is 1. The van der Waals surface area contributed by atoms with Gasteiger partial charge in [-0.25, -0.2) is 9.48 Å². The molecule has 34 heavy (non-hydrogen) atoms. The van der Waals surface area contributed by atoms with Crippen LogP contribution in [0.4, 0.5) is 13.2 Å². The summed E-state index contributed by atoms with van der Waals surface area (Å²) in [7, 11) is 0. The summed E-state index contributed by atoms with van der Waals surface area (Å²) in [5.41, 5.74) is 3.16. The molecule has 180 valence electrons. The summed E-state index contributed by atoms with van der Waals surface area (Å²) in [5.74, 6) is -1.35. The van der Waals surface area contributed by atoms with Gasteiger partial charge in [0.05, 0.1) is 11.1 Å². The van der Waals surface area contributed by atoms with Gasteiger partial charge in [0.25, 0.3) is 0 Å². The van der Waals surface area contributed by atoms with E-state index in [1.165, 1.54) is 26.0 Å². The van der Waals surface area contributed by atoms with E-state index >= 15 is 0 Å². The van der Waals surface area contributed by atoms with Gasteiger partial charge in [-0.05, 0) is 55.8 Å². The molecule has 3 rings (SSSR count). The highest BCUT2D eigenvalue weighted by molar-refractivity contribution is 6.30. The normalized spacial score (nSPS) is 11.9. The minimum Gasteiger partial charge on any atom is -0.368 e. The number of alkyl halides is 3. The lowest BCUT2D eigenvalue weighted by molar-refractivity contribution is -0.137. The predicted octanol–water partition coefficient (Wildman–Crippen LogP) is 2.92. The van der Waals surface area contributed by atoms with Crippen LogP contribution in [0.1, 0.15) is 25.0 Å². The van der Waals surface area contributed by atoms with Crippen molar-refractivity contribution in [2.45, 2.75) is 38.7 Å². The first-order chi connectivity index (χ1) is 15.8. The van der Waals surface area contributed by atoms with Crippen molar-refractivity contribution in [2.24, 2.45) is 5.73 Å². The molecule has 0 aliphatic rings. The summed E-state index contributed by atoms with van der Waals surface area (Å²) in [6, 6.07) is 10.9. The average molecular weight is 496 g/mol. The Kier molecular flexibility index (Phi) is 6.87. The van der Waals surface area contributed by atoms with Crippen molar-refractivity contribution < 1.29 is 22.8 Å². The Morgan fingerprint density at radius 2 is 1.68 bits per heavy atom. The van der Waals surface area contributed by atoms with Crippen LogP contribution in [0.25, 0.3) is 11.4 Å². The molecule has 0 aliphatic carbocycles. The highest BCUT2D eigenvalue weighted by Gasteiger charge is 2.32. The number of halogens is 4. The summed E-state index contributed by atoms with van der Waals surface area (Å²) in [6.45, 7) is 2.07. The molecule has 0 unspecified atom stereocenters. The maximum Gasteiger partial charge on any atom is 0.416 e. The Hall–Kier alpha value is -3.60. The summed E-state index contributed by atoms with van der Waals surface area (Å²) < 4.78 is 41.1. The van der Waals surface area contributed by atoms with Gasteiger partial charge in [-0.3, -0.25) is 14.2 Å². The molecule has 0 saturated heterocycles. The first-order valence-corrected chi connectivity index (χ1v) is 10.4. The van der Waals surface area contributed by atoms with Crippen LogP contribution < -0.4 is 16.7 Å². The summed E-state index contributed by atoms with van der Waals surface area (Å²) in [5, 5.41) is 7.23. The Bertz CT molecular complexity index is 1280. The van der Waals surface area contributed by atoms with E-state index in [4.69, 9.17) is 17.3 Å². The van der Waals surface area contributed by atoms with Gasteiger partial charge in [0.2, 0.25) is 11.8 Å². The molecule has 0 aliphatic heterocycles. The maximum atomic E-state index is 13.1. The van der Waals surface area contributed by atoms with Gasteiger partial charge >= 0.3 is 11.9 Å². The number of hydrogen-bond donors (Lipinski definition) is 2. The molecule has 0 saturated carbocycles. The van der Waals surface area contributed by atoms with Crippen molar-refractivity contribution in [1.29, 1.82) is 0 Å². The number of rotatable bonds is 7. The third-order valence-electron chi connectivity index (χ3n) is 5.00. The van der Waals surface area contributed by atoms with Gasteiger partial charge in [-0.2, -0.15) is 13.2 Å². The average Bonchev–Trinajstić information content (AvgIpc) is 3.02. The molecule has 3 aromatic rings. The predicted molar refractivity (Wildman–Crippen MR) is 119 cm³/mol. The largest absolute Gasteiger partial charge is 0.416 e. The van der Waals surface area contributed by atoms with Crippen molar-refractivity contribution in [3.05, 3.63) is 75.2 Å². The summed E-state index contributed by atoms with van der Waals surface area (Å²) in [4.78, 5) is 37.0. The SMILES string of the molecule is CC(C)(NC(=O)Cn1nc(-c2ccc(Cl)cc2)n(CC(N)=O)c1=O)c1cccc(C(F)(F)F)c1. The minimum absolute atomic E-state index is 0.102. The Morgan fingerprint density at radius 3 is 2.26 bits per heavy atom. The lowest BCUT2D eigenvalue weighted by atomic mass is 9.92. The summed E-state index contributed by atoms with van der Waals surface area (Å²) in [6.07, 6.45) is -4.53. The van der Waals surface area contributed by atoms with E-state index in [0.717, 1.165) is 21.4 Å². The van der Waals surface area contributed by atoms with E-state index in [1.807, 2.05) is 0 Å². The fourth-order valence-corrected chi connectivity index (χ4v) is 3.46. The zero-order valence-corrected chi connectivity index (χ0v) is 18.9. The van der Waals surface area contributed by atoms with E-state index in [-0.39, 0.29) is 11.4 Å². The van der Waals surface area contributed by atoms with Gasteiger partial charge < -0.3 is 11.1 Å². The number of nitrogens with one attached hydrogen (secondary N) is 1. The van der Waals surface area contributed by atoms with E-state index in [2.05, 4.69) is 10.4 Å². The molecule has 1 aromatic heterocycles. The van der Waals surface area contributed by atoms with Crippen molar-refractivity contribution in [2.75, 3.05) is 0 Å². The van der Waals surface area contributed by atoms with Crippen LogP contribution in [-0.4, -0.2) is 26.2 Å². The fourth-order valence-electron chi connectivity index (χ4n) is 3.34. The molecule has 0 radical (unpaired) electrons. The highest BCUT2D eigenvalue weighted by atomic mass is 35.5. The summed E-state index contributed by atoms with van der Waals surface area (Å²) >= 11 is 5.89. The molecular formula is C22H21ClF3N5O3. The van der Waals surface area contributed by atoms with Crippen LogP contribution in [0, 0.1) is 0 Å². The first kappa shape index (κ1) is 25.0. The standard InChI is InChI=1S/C22H21ClF3N5O3/c1-21(2,14-4-3-5-15(10-14)22(24,25)26)28-18(33)12-31-20(34)30(11-17(27)32)19(29-31)13-6-8-16(23)9-7-13/h3-10H,11-12H2,1-2H3,(H2,27,32)(H,28,33). The third-order valence-corrected chi connectivity index (χ3v) is 5.25. The lowest BCUT2D eigenvalue weighted by Crippen LogP contribution is -2.44. The maximum absolute atomic E-state index is 13.1. The molecule has 2 aromatic carbocycles. The molecule has 12 heteroatoms. The van der Waals surface area contributed by atoms with E-state index < -0.39 is 47.9 Å². The van der Waals surface area contributed by atoms with Gasteiger partial charge in [0.15, 0.2) is 5.82 Å². The number of aromatic nitrogens is 3. The number of primary amides is 1. The van der Waals surface area contributed by atoms with Gasteiger partial charge in [-0.1, -0.05) is 23.7 Å². The van der Waals surface area contributed by atoms with Crippen LogP contribution in [0.2, 0.25) is 5.02 Å². The van der Waals surface area contributed by atoms with Crippen LogP contribution in [0.3, 0.4) is 0 Å². The molecule has 2 amide bonds. The number of carbonyl (C=O) groups is 2. The monoisotopic (exact) mass is 495 g/mol. The van der Waals surface area contributed by atoms with Crippen molar-refractivity contribution in [1.82, 2.24) is 19.7 Å². The van der Waals surface area contributed by atoms with Gasteiger partial charge in [0.1, 0.15) is 13.1 Å². The molecule has 0 fully saturated rings. The molecule has 0 atom stereocenters. The topological polar surface area (TPSA) is 112 Å². The quantitative estimate of drug-likeness (QED) is 0.525. The van der Waals surface area contributed by atoms with Crippen LogP contribution in [0.15, 0.2) is 53.3 Å². The Morgan fingerprint density at radius 1 is 1.06 bits per heavy atom. The zero-order chi connectivity index (χ0) is 25.3. The van der Waals surface area contributed by atoms with Crippen LogP contribution in [-0.2, 0) is 34.4 Å².